The zero-order chi connectivity index (χ0) is 9.10. The van der Waals surface area contributed by atoms with Crippen molar-refractivity contribution in [1.82, 2.24) is 4.90 Å². The van der Waals surface area contributed by atoms with Crippen LogP contribution in [-0.4, -0.2) is 24.3 Å². The molecule has 13 heavy (non-hydrogen) atoms. The van der Waals surface area contributed by atoms with Gasteiger partial charge in [0.05, 0.1) is 12.9 Å². The van der Waals surface area contributed by atoms with Crippen molar-refractivity contribution < 1.29 is 0 Å². The largest absolute Gasteiger partial charge is 0.399 e. The molecule has 1 aromatic rings. The lowest BCUT2D eigenvalue weighted by atomic mass is 10.2. The first-order valence-corrected chi connectivity index (χ1v) is 4.43. The Morgan fingerprint density at radius 1 is 1.31 bits per heavy atom. The Hall–Kier alpha value is -1.51. The Labute approximate surface area is 77.9 Å². The van der Waals surface area contributed by atoms with Crippen LogP contribution >= 0.6 is 0 Å². The van der Waals surface area contributed by atoms with E-state index in [1.54, 1.807) is 0 Å². The van der Waals surface area contributed by atoms with E-state index < -0.39 is 0 Å². The van der Waals surface area contributed by atoms with Crippen LogP contribution in [0.3, 0.4) is 0 Å². The number of hydrogen-bond acceptors (Lipinski definition) is 3. The molecule has 68 valence electrons. The summed E-state index contributed by atoms with van der Waals surface area (Å²) in [5.74, 6) is 0. The summed E-state index contributed by atoms with van der Waals surface area (Å²) >= 11 is 0. The molecule has 2 rings (SSSR count). The van der Waals surface area contributed by atoms with Crippen LogP contribution in [-0.2, 0) is 6.54 Å². The van der Waals surface area contributed by atoms with Gasteiger partial charge in [-0.05, 0) is 17.7 Å². The lowest BCUT2D eigenvalue weighted by Crippen LogP contribution is -2.18. The van der Waals surface area contributed by atoms with Gasteiger partial charge in [-0.25, -0.2) is 0 Å². The molecule has 1 aromatic carbocycles. The summed E-state index contributed by atoms with van der Waals surface area (Å²) in [5.41, 5.74) is 7.69. The van der Waals surface area contributed by atoms with Crippen LogP contribution in [0, 0.1) is 0 Å². The van der Waals surface area contributed by atoms with Crippen LogP contribution in [0.15, 0.2) is 29.3 Å². The molecule has 0 saturated carbocycles. The van der Waals surface area contributed by atoms with E-state index in [1.165, 1.54) is 5.56 Å². The molecule has 0 aromatic heterocycles. The molecule has 1 heterocycles. The molecule has 3 heteroatoms. The van der Waals surface area contributed by atoms with Gasteiger partial charge in [-0.2, -0.15) is 0 Å². The zero-order valence-corrected chi connectivity index (χ0v) is 7.48. The molecule has 0 bridgehead atoms. The Morgan fingerprint density at radius 3 is 2.69 bits per heavy atom. The van der Waals surface area contributed by atoms with Gasteiger partial charge in [-0.3, -0.25) is 4.99 Å². The first-order valence-electron chi connectivity index (χ1n) is 4.43. The molecule has 0 spiro atoms. The quantitative estimate of drug-likeness (QED) is 0.684. The van der Waals surface area contributed by atoms with Gasteiger partial charge in [0, 0.05) is 18.8 Å². The summed E-state index contributed by atoms with van der Waals surface area (Å²) in [6.45, 7) is 2.89. The minimum atomic E-state index is 0.818. The Bertz CT molecular complexity index is 302. The molecule has 1 aliphatic rings. The number of hydrogen-bond donors (Lipinski definition) is 1. The Kier molecular flexibility index (Phi) is 2.17. The summed E-state index contributed by atoms with van der Waals surface area (Å²) in [5, 5.41) is 0. The normalized spacial score (nSPS) is 15.2. The topological polar surface area (TPSA) is 41.6 Å². The van der Waals surface area contributed by atoms with Crippen LogP contribution in [0.2, 0.25) is 0 Å². The average Bonchev–Trinajstić information content (AvgIpc) is 2.62. The molecule has 1 aliphatic heterocycles. The number of aliphatic imine (C=N–C) groups is 1. The van der Waals surface area contributed by atoms with E-state index in [4.69, 9.17) is 5.73 Å². The van der Waals surface area contributed by atoms with Gasteiger partial charge in [-0.15, -0.1) is 0 Å². The molecule has 0 amide bonds. The Morgan fingerprint density at radius 2 is 2.08 bits per heavy atom. The predicted molar refractivity (Wildman–Crippen MR) is 54.6 cm³/mol. The van der Waals surface area contributed by atoms with E-state index in [9.17, 15) is 0 Å². The Balaban J connectivity index is 2.01. The van der Waals surface area contributed by atoms with Crippen molar-refractivity contribution in [3.05, 3.63) is 29.8 Å². The minimum absolute atomic E-state index is 0.818. The van der Waals surface area contributed by atoms with Gasteiger partial charge in [0.2, 0.25) is 0 Å². The monoisotopic (exact) mass is 175 g/mol. The van der Waals surface area contributed by atoms with Crippen molar-refractivity contribution in [2.45, 2.75) is 6.54 Å². The van der Waals surface area contributed by atoms with Crippen molar-refractivity contribution in [3.8, 4) is 0 Å². The highest BCUT2D eigenvalue weighted by molar-refractivity contribution is 5.57. The maximum absolute atomic E-state index is 5.59. The fourth-order valence-corrected chi connectivity index (χ4v) is 1.39. The number of rotatable bonds is 2. The highest BCUT2D eigenvalue weighted by atomic mass is 15.2. The summed E-state index contributed by atoms with van der Waals surface area (Å²) in [7, 11) is 0. The number of nitrogen functional groups attached to an aromatic ring is 1. The van der Waals surface area contributed by atoms with Crippen LogP contribution in [0.4, 0.5) is 5.69 Å². The van der Waals surface area contributed by atoms with Gasteiger partial charge in [0.1, 0.15) is 0 Å². The summed E-state index contributed by atoms with van der Waals surface area (Å²) in [4.78, 5) is 6.35. The van der Waals surface area contributed by atoms with E-state index in [-0.39, 0.29) is 0 Å². The fourth-order valence-electron chi connectivity index (χ4n) is 1.39. The smallest absolute Gasteiger partial charge is 0.0854 e. The van der Waals surface area contributed by atoms with Gasteiger partial charge in [0.15, 0.2) is 0 Å². The molecule has 3 nitrogen and oxygen atoms in total. The predicted octanol–water partition coefficient (Wildman–Crippen LogP) is 1.11. The fraction of sp³-hybridized carbons (Fsp3) is 0.300. The van der Waals surface area contributed by atoms with Crippen molar-refractivity contribution in [1.29, 1.82) is 0 Å². The molecular formula is C10H13N3. The maximum atomic E-state index is 5.59. The van der Waals surface area contributed by atoms with E-state index in [1.807, 2.05) is 18.5 Å². The highest BCUT2D eigenvalue weighted by Crippen LogP contribution is 2.08. The van der Waals surface area contributed by atoms with Crippen LogP contribution in [0.25, 0.3) is 0 Å². The second-order valence-corrected chi connectivity index (χ2v) is 3.23. The first-order chi connectivity index (χ1) is 6.34. The first kappa shape index (κ1) is 8.10. The lowest BCUT2D eigenvalue weighted by Gasteiger charge is -2.13. The molecule has 2 N–H and O–H groups in total. The van der Waals surface area contributed by atoms with Crippen molar-refractivity contribution in [3.63, 3.8) is 0 Å². The molecular weight excluding hydrogens is 162 g/mol. The third-order valence-electron chi connectivity index (χ3n) is 2.13. The van der Waals surface area contributed by atoms with E-state index in [2.05, 4.69) is 22.0 Å². The maximum Gasteiger partial charge on any atom is 0.0854 e. The average molecular weight is 175 g/mol. The third kappa shape index (κ3) is 1.99. The summed E-state index contributed by atoms with van der Waals surface area (Å²) < 4.78 is 0. The molecule has 0 atom stereocenters. The van der Waals surface area contributed by atoms with E-state index in [0.717, 1.165) is 25.3 Å². The lowest BCUT2D eigenvalue weighted by molar-refractivity contribution is 0.463. The second-order valence-electron chi connectivity index (χ2n) is 3.23. The number of anilines is 1. The van der Waals surface area contributed by atoms with Gasteiger partial charge in [0.25, 0.3) is 0 Å². The van der Waals surface area contributed by atoms with Crippen LogP contribution < -0.4 is 5.73 Å². The van der Waals surface area contributed by atoms with E-state index >= 15 is 0 Å². The zero-order valence-electron chi connectivity index (χ0n) is 7.48. The van der Waals surface area contributed by atoms with Crippen molar-refractivity contribution in [2.75, 3.05) is 18.8 Å². The molecule has 0 saturated heterocycles. The van der Waals surface area contributed by atoms with Crippen molar-refractivity contribution >= 4 is 12.0 Å². The molecule has 0 unspecified atom stereocenters. The van der Waals surface area contributed by atoms with Gasteiger partial charge < -0.3 is 10.6 Å². The second kappa shape index (κ2) is 3.47. The van der Waals surface area contributed by atoms with Crippen LogP contribution in [0.1, 0.15) is 5.56 Å². The standard InChI is InChI=1S/C10H13N3/c11-10-3-1-9(2-4-10)7-13-6-5-12-8-13/h1-4,8H,5-7,11H2. The van der Waals surface area contributed by atoms with Gasteiger partial charge in [-0.1, -0.05) is 12.1 Å². The summed E-state index contributed by atoms with van der Waals surface area (Å²) in [6.07, 6.45) is 1.91. The highest BCUT2D eigenvalue weighted by Gasteiger charge is 2.04. The summed E-state index contributed by atoms with van der Waals surface area (Å²) in [6, 6.07) is 7.98. The number of nitrogens with two attached hydrogens (primary N) is 1. The molecule has 0 fully saturated rings. The SMILES string of the molecule is Nc1ccc(CN2C=NCC2)cc1. The van der Waals surface area contributed by atoms with Crippen LogP contribution in [0.5, 0.6) is 0 Å². The molecule has 0 aliphatic carbocycles. The van der Waals surface area contributed by atoms with E-state index in [0.29, 0.717) is 0 Å². The molecule has 0 radical (unpaired) electrons. The van der Waals surface area contributed by atoms with Crippen molar-refractivity contribution in [2.24, 2.45) is 4.99 Å². The number of benzene rings is 1. The number of nitrogens with zero attached hydrogens (tertiary/aromatic N) is 2. The van der Waals surface area contributed by atoms with Gasteiger partial charge >= 0.3 is 0 Å². The third-order valence-corrected chi connectivity index (χ3v) is 2.13. The minimum Gasteiger partial charge on any atom is -0.399 e.